The fourth-order valence-corrected chi connectivity index (χ4v) is 6.49. The van der Waals surface area contributed by atoms with Crippen LogP contribution in [0.1, 0.15) is 75.1 Å². The lowest BCUT2D eigenvalue weighted by atomic mass is 9.95. The number of hydrogen-bond donors (Lipinski definition) is 2. The molecule has 0 saturated carbocycles. The van der Waals surface area contributed by atoms with Crippen molar-refractivity contribution < 1.29 is 37.0 Å². The first-order chi connectivity index (χ1) is 19.1. The first-order valence-electron chi connectivity index (χ1n) is 12.9. The van der Waals surface area contributed by atoms with Crippen molar-refractivity contribution in [2.24, 2.45) is 0 Å². The zero-order valence-electron chi connectivity index (χ0n) is 22.2. The average Bonchev–Trinajstić information content (AvgIpc) is 3.53. The van der Waals surface area contributed by atoms with E-state index in [1.165, 1.54) is 31.6 Å². The molecule has 3 aromatic rings. The SMILES string of the molecule is CCOC(=O)c1c(NC(=O)c2cc3n(n2)C(C(F)(F)F)CC(c2ccc(OC)c(OC)c2)N3)sc2c1CCCC2. The number of carbonyl (C=O) groups is 2. The van der Waals surface area contributed by atoms with Gasteiger partial charge in [-0.05, 0) is 55.9 Å². The molecular formula is C27H29F3N4O5S. The third kappa shape index (κ3) is 5.21. The van der Waals surface area contributed by atoms with E-state index >= 15 is 0 Å². The van der Waals surface area contributed by atoms with Crippen LogP contribution in [0.15, 0.2) is 24.3 Å². The molecule has 1 aliphatic heterocycles. The Morgan fingerprint density at radius 2 is 1.90 bits per heavy atom. The lowest BCUT2D eigenvalue weighted by Gasteiger charge is -2.33. The maximum absolute atomic E-state index is 14.2. The number of halogens is 3. The van der Waals surface area contributed by atoms with Crippen LogP contribution in [0, 0.1) is 0 Å². The summed E-state index contributed by atoms with van der Waals surface area (Å²) in [4.78, 5) is 27.0. The Kier molecular flexibility index (Phi) is 7.67. The zero-order chi connectivity index (χ0) is 28.6. The molecule has 1 aliphatic carbocycles. The van der Waals surface area contributed by atoms with Crippen LogP contribution in [-0.2, 0) is 17.6 Å². The Morgan fingerprint density at radius 1 is 1.15 bits per heavy atom. The van der Waals surface area contributed by atoms with Gasteiger partial charge >= 0.3 is 12.1 Å². The predicted molar refractivity (Wildman–Crippen MR) is 143 cm³/mol. The number of nitrogens with one attached hydrogen (secondary N) is 2. The molecule has 2 aliphatic rings. The van der Waals surface area contributed by atoms with Crippen molar-refractivity contribution in [2.45, 2.75) is 57.3 Å². The fourth-order valence-electron chi connectivity index (χ4n) is 5.21. The number of carbonyl (C=O) groups excluding carboxylic acids is 2. The summed E-state index contributed by atoms with van der Waals surface area (Å²) in [6.07, 6.45) is -1.58. The van der Waals surface area contributed by atoms with Crippen LogP contribution in [0.25, 0.3) is 0 Å². The van der Waals surface area contributed by atoms with Gasteiger partial charge in [0.05, 0.1) is 32.4 Å². The number of ether oxygens (including phenoxy) is 3. The summed E-state index contributed by atoms with van der Waals surface area (Å²) in [5, 5.41) is 10.2. The van der Waals surface area contributed by atoms with Crippen molar-refractivity contribution in [3.8, 4) is 11.5 Å². The number of thiophene rings is 1. The summed E-state index contributed by atoms with van der Waals surface area (Å²) in [5.41, 5.74) is 1.55. The molecule has 1 amide bonds. The molecule has 2 N–H and O–H groups in total. The summed E-state index contributed by atoms with van der Waals surface area (Å²) in [7, 11) is 2.92. The summed E-state index contributed by atoms with van der Waals surface area (Å²) in [5.74, 6) is -0.347. The highest BCUT2D eigenvalue weighted by Crippen LogP contribution is 2.45. The summed E-state index contributed by atoms with van der Waals surface area (Å²) < 4.78 is 59.2. The average molecular weight is 579 g/mol. The van der Waals surface area contributed by atoms with Gasteiger partial charge in [-0.2, -0.15) is 18.3 Å². The smallest absolute Gasteiger partial charge is 0.410 e. The second kappa shape index (κ2) is 11.0. The molecule has 0 saturated heterocycles. The molecule has 0 radical (unpaired) electrons. The molecule has 9 nitrogen and oxygen atoms in total. The van der Waals surface area contributed by atoms with E-state index < -0.39 is 30.1 Å². The molecule has 0 bridgehead atoms. The molecule has 1 aromatic carbocycles. The van der Waals surface area contributed by atoms with Crippen LogP contribution in [0.3, 0.4) is 0 Å². The largest absolute Gasteiger partial charge is 0.493 e. The summed E-state index contributed by atoms with van der Waals surface area (Å²) in [6.45, 7) is 1.88. The Labute approximate surface area is 232 Å². The lowest BCUT2D eigenvalue weighted by Crippen LogP contribution is -2.35. The molecule has 5 rings (SSSR count). The molecular weight excluding hydrogens is 549 g/mol. The minimum Gasteiger partial charge on any atom is -0.493 e. The molecule has 2 unspecified atom stereocenters. The van der Waals surface area contributed by atoms with E-state index in [1.807, 2.05) is 0 Å². The molecule has 40 heavy (non-hydrogen) atoms. The minimum atomic E-state index is -4.62. The molecule has 0 fully saturated rings. The van der Waals surface area contributed by atoms with Gasteiger partial charge in [-0.15, -0.1) is 11.3 Å². The maximum atomic E-state index is 14.2. The third-order valence-corrected chi connectivity index (χ3v) is 8.32. The van der Waals surface area contributed by atoms with E-state index in [9.17, 15) is 22.8 Å². The van der Waals surface area contributed by atoms with E-state index in [2.05, 4.69) is 15.7 Å². The number of aryl methyl sites for hydroxylation is 1. The first kappa shape index (κ1) is 27.8. The van der Waals surface area contributed by atoms with Gasteiger partial charge in [0.1, 0.15) is 10.8 Å². The molecule has 3 heterocycles. The standard InChI is InChI=1S/C27H29F3N4O5S/c1-4-39-26(36)23-15-7-5-6-8-20(15)40-25(23)32-24(35)17-13-22-31-16(12-21(27(28,29)30)34(22)33-17)14-9-10-18(37-2)19(11-14)38-3/h9-11,13,16,21,31H,4-8,12H2,1-3H3,(H,32,35). The minimum absolute atomic E-state index is 0.0506. The molecule has 2 atom stereocenters. The van der Waals surface area contributed by atoms with E-state index in [4.69, 9.17) is 14.2 Å². The second-order valence-electron chi connectivity index (χ2n) is 9.55. The maximum Gasteiger partial charge on any atom is 0.410 e. The molecule has 13 heteroatoms. The van der Waals surface area contributed by atoms with Crippen molar-refractivity contribution in [2.75, 3.05) is 31.5 Å². The quantitative estimate of drug-likeness (QED) is 0.335. The third-order valence-electron chi connectivity index (χ3n) is 7.11. The fraction of sp³-hybridized carbons (Fsp3) is 0.444. The lowest BCUT2D eigenvalue weighted by molar-refractivity contribution is -0.173. The van der Waals surface area contributed by atoms with Gasteiger partial charge < -0.3 is 24.8 Å². The number of anilines is 2. The van der Waals surface area contributed by atoms with Crippen molar-refractivity contribution in [1.82, 2.24) is 9.78 Å². The first-order valence-corrected chi connectivity index (χ1v) is 13.7. The van der Waals surface area contributed by atoms with Gasteiger partial charge in [-0.1, -0.05) is 6.07 Å². The summed E-state index contributed by atoms with van der Waals surface area (Å²) in [6, 6.07) is 3.52. The Hall–Kier alpha value is -3.74. The molecule has 0 spiro atoms. The van der Waals surface area contributed by atoms with Crippen LogP contribution in [0.4, 0.5) is 24.0 Å². The number of fused-ring (bicyclic) bond motifs is 2. The number of methoxy groups -OCH3 is 2. The van der Waals surface area contributed by atoms with Crippen LogP contribution < -0.4 is 20.1 Å². The van der Waals surface area contributed by atoms with Gasteiger partial charge in [0.15, 0.2) is 23.2 Å². The van der Waals surface area contributed by atoms with E-state index in [1.54, 1.807) is 25.1 Å². The second-order valence-corrected chi connectivity index (χ2v) is 10.7. The van der Waals surface area contributed by atoms with Crippen molar-refractivity contribution in [1.29, 1.82) is 0 Å². The number of rotatable bonds is 7. The Morgan fingerprint density at radius 3 is 2.60 bits per heavy atom. The van der Waals surface area contributed by atoms with Crippen LogP contribution in [0.2, 0.25) is 0 Å². The molecule has 214 valence electrons. The highest BCUT2D eigenvalue weighted by atomic mass is 32.1. The monoisotopic (exact) mass is 578 g/mol. The Bertz CT molecular complexity index is 1430. The van der Waals surface area contributed by atoms with Gasteiger partial charge in [0, 0.05) is 17.4 Å². The number of alkyl halides is 3. The van der Waals surface area contributed by atoms with Gasteiger partial charge in [0.2, 0.25) is 0 Å². The van der Waals surface area contributed by atoms with Crippen LogP contribution in [0.5, 0.6) is 11.5 Å². The van der Waals surface area contributed by atoms with Crippen molar-refractivity contribution >= 4 is 34.0 Å². The van der Waals surface area contributed by atoms with E-state index in [-0.39, 0.29) is 24.5 Å². The number of hydrogen-bond acceptors (Lipinski definition) is 8. The van der Waals surface area contributed by atoms with Crippen molar-refractivity contribution in [3.05, 3.63) is 51.5 Å². The number of amides is 1. The van der Waals surface area contributed by atoms with Crippen LogP contribution >= 0.6 is 11.3 Å². The Balaban J connectivity index is 1.45. The number of esters is 1. The normalized spacial score (nSPS) is 18.2. The number of aromatic nitrogens is 2. The van der Waals surface area contributed by atoms with Crippen molar-refractivity contribution in [3.63, 3.8) is 0 Å². The predicted octanol–water partition coefficient (Wildman–Crippen LogP) is 5.93. The zero-order valence-corrected chi connectivity index (χ0v) is 23.0. The molecule has 2 aromatic heterocycles. The van der Waals surface area contributed by atoms with Crippen LogP contribution in [-0.4, -0.2) is 48.7 Å². The summed E-state index contributed by atoms with van der Waals surface area (Å²) >= 11 is 1.30. The number of benzene rings is 1. The van der Waals surface area contributed by atoms with E-state index in [0.29, 0.717) is 34.0 Å². The highest BCUT2D eigenvalue weighted by molar-refractivity contribution is 7.17. The topological polar surface area (TPSA) is 104 Å². The number of nitrogens with zero attached hydrogens (tertiary/aromatic N) is 2. The van der Waals surface area contributed by atoms with E-state index in [0.717, 1.165) is 34.4 Å². The highest BCUT2D eigenvalue weighted by Gasteiger charge is 2.47. The van der Waals surface area contributed by atoms with Gasteiger partial charge in [-0.3, -0.25) is 4.79 Å². The van der Waals surface area contributed by atoms with Gasteiger partial charge in [0.25, 0.3) is 5.91 Å². The van der Waals surface area contributed by atoms with Gasteiger partial charge in [-0.25, -0.2) is 9.48 Å².